The Morgan fingerprint density at radius 3 is 2.55 bits per heavy atom. The largest absolute Gasteiger partial charge is 0.324 e. The molecule has 0 fully saturated rings. The van der Waals surface area contributed by atoms with Crippen LogP contribution in [0.2, 0.25) is 0 Å². The van der Waals surface area contributed by atoms with E-state index in [9.17, 15) is 8.42 Å². The molecule has 0 amide bonds. The molecule has 0 aliphatic rings. The van der Waals surface area contributed by atoms with Crippen molar-refractivity contribution in [2.45, 2.75) is 43.7 Å². The van der Waals surface area contributed by atoms with Crippen molar-refractivity contribution >= 4 is 21.8 Å². The number of benzene rings is 1. The Bertz CT molecular complexity index is 518. The average molecular weight is 316 g/mol. The average Bonchev–Trinajstić information content (AvgIpc) is 2.45. The van der Waals surface area contributed by atoms with E-state index < -0.39 is 10.0 Å². The Kier molecular flexibility index (Phi) is 7.02. The molecule has 1 aromatic rings. The Morgan fingerprint density at radius 2 is 2.00 bits per heavy atom. The van der Waals surface area contributed by atoms with Crippen LogP contribution in [-0.2, 0) is 10.0 Å². The highest BCUT2D eigenvalue weighted by atomic mass is 32.2. The van der Waals surface area contributed by atoms with Crippen LogP contribution in [0.4, 0.5) is 0 Å². The standard InChI is InChI=1S/C14H24N2O2S2/c1-4-12(10-19-3)16-20(17,18)13-8-6-7-11(9-13)14(15)5-2/h6-9,12,14,16H,4-5,10,15H2,1-3H3. The number of hydrogen-bond donors (Lipinski definition) is 2. The highest BCUT2D eigenvalue weighted by Gasteiger charge is 2.19. The zero-order valence-corrected chi connectivity index (χ0v) is 13.9. The Morgan fingerprint density at radius 1 is 1.30 bits per heavy atom. The minimum Gasteiger partial charge on any atom is -0.324 e. The van der Waals surface area contributed by atoms with Crippen molar-refractivity contribution in [3.63, 3.8) is 0 Å². The zero-order chi connectivity index (χ0) is 15.2. The van der Waals surface area contributed by atoms with Crippen molar-refractivity contribution in [3.8, 4) is 0 Å². The maximum Gasteiger partial charge on any atom is 0.240 e. The van der Waals surface area contributed by atoms with E-state index in [-0.39, 0.29) is 12.1 Å². The normalized spacial score (nSPS) is 15.0. The van der Waals surface area contributed by atoms with Gasteiger partial charge in [-0.05, 0) is 36.8 Å². The summed E-state index contributed by atoms with van der Waals surface area (Å²) in [5.74, 6) is 0.768. The minimum absolute atomic E-state index is 0.0431. The lowest BCUT2D eigenvalue weighted by Gasteiger charge is -2.17. The van der Waals surface area contributed by atoms with Crippen molar-refractivity contribution < 1.29 is 8.42 Å². The topological polar surface area (TPSA) is 72.2 Å². The predicted octanol–water partition coefficient (Wildman–Crippen LogP) is 2.52. The third-order valence-electron chi connectivity index (χ3n) is 3.22. The van der Waals surface area contributed by atoms with E-state index in [1.165, 1.54) is 0 Å². The molecule has 0 aromatic heterocycles. The quantitative estimate of drug-likeness (QED) is 0.773. The van der Waals surface area contributed by atoms with Gasteiger partial charge in [-0.15, -0.1) is 0 Å². The van der Waals surface area contributed by atoms with Crippen LogP contribution < -0.4 is 10.5 Å². The summed E-state index contributed by atoms with van der Waals surface area (Å²) in [4.78, 5) is 0.290. The summed E-state index contributed by atoms with van der Waals surface area (Å²) in [5, 5.41) is 0. The highest BCUT2D eigenvalue weighted by Crippen LogP contribution is 2.19. The van der Waals surface area contributed by atoms with Gasteiger partial charge in [-0.25, -0.2) is 13.1 Å². The fourth-order valence-electron chi connectivity index (χ4n) is 1.87. The molecule has 0 bridgehead atoms. The van der Waals surface area contributed by atoms with Gasteiger partial charge in [0.15, 0.2) is 0 Å². The van der Waals surface area contributed by atoms with Crippen molar-refractivity contribution in [1.29, 1.82) is 0 Å². The molecule has 0 saturated heterocycles. The molecular weight excluding hydrogens is 292 g/mol. The van der Waals surface area contributed by atoms with Crippen molar-refractivity contribution in [3.05, 3.63) is 29.8 Å². The first-order valence-electron chi connectivity index (χ1n) is 6.81. The molecule has 114 valence electrons. The number of rotatable bonds is 8. The molecule has 0 radical (unpaired) electrons. The molecule has 0 saturated carbocycles. The second-order valence-corrected chi connectivity index (χ2v) is 7.39. The van der Waals surface area contributed by atoms with Gasteiger partial charge < -0.3 is 5.73 Å². The molecule has 0 aliphatic carbocycles. The predicted molar refractivity (Wildman–Crippen MR) is 86.4 cm³/mol. The van der Waals surface area contributed by atoms with Crippen LogP contribution in [0.5, 0.6) is 0 Å². The van der Waals surface area contributed by atoms with Gasteiger partial charge in [0.2, 0.25) is 10.0 Å². The molecule has 20 heavy (non-hydrogen) atoms. The van der Waals surface area contributed by atoms with Crippen LogP contribution in [-0.4, -0.2) is 26.5 Å². The summed E-state index contributed by atoms with van der Waals surface area (Å²) in [5.41, 5.74) is 6.82. The van der Waals surface area contributed by atoms with Gasteiger partial charge in [-0.1, -0.05) is 26.0 Å². The first-order chi connectivity index (χ1) is 9.44. The van der Waals surface area contributed by atoms with Gasteiger partial charge in [0.05, 0.1) is 4.90 Å². The van der Waals surface area contributed by atoms with Gasteiger partial charge in [-0.3, -0.25) is 0 Å². The summed E-state index contributed by atoms with van der Waals surface area (Å²) in [6, 6.07) is 6.72. The second-order valence-electron chi connectivity index (χ2n) is 4.77. The van der Waals surface area contributed by atoms with E-state index in [0.29, 0.717) is 4.90 Å². The Hall–Kier alpha value is -0.560. The van der Waals surface area contributed by atoms with Crippen LogP contribution in [0.1, 0.15) is 38.3 Å². The van der Waals surface area contributed by atoms with Crippen LogP contribution in [0, 0.1) is 0 Å². The third kappa shape index (κ3) is 4.77. The first kappa shape index (κ1) is 17.5. The first-order valence-corrected chi connectivity index (χ1v) is 9.69. The second kappa shape index (κ2) is 8.02. The number of nitrogens with one attached hydrogen (secondary N) is 1. The number of nitrogens with two attached hydrogens (primary N) is 1. The molecule has 6 heteroatoms. The molecule has 3 N–H and O–H groups in total. The fraction of sp³-hybridized carbons (Fsp3) is 0.571. The molecule has 0 spiro atoms. The zero-order valence-electron chi connectivity index (χ0n) is 12.3. The number of hydrogen-bond acceptors (Lipinski definition) is 4. The van der Waals surface area contributed by atoms with Crippen LogP contribution in [0.25, 0.3) is 0 Å². The van der Waals surface area contributed by atoms with Crippen LogP contribution in [0.3, 0.4) is 0 Å². The molecular formula is C14H24N2O2S2. The monoisotopic (exact) mass is 316 g/mol. The lowest BCUT2D eigenvalue weighted by molar-refractivity contribution is 0.558. The van der Waals surface area contributed by atoms with Gasteiger partial charge in [0.1, 0.15) is 0 Å². The van der Waals surface area contributed by atoms with E-state index in [1.54, 1.807) is 30.0 Å². The van der Waals surface area contributed by atoms with E-state index in [4.69, 9.17) is 5.73 Å². The molecule has 1 rings (SSSR count). The van der Waals surface area contributed by atoms with Gasteiger partial charge in [0.25, 0.3) is 0 Å². The molecule has 1 aromatic carbocycles. The Balaban J connectivity index is 2.97. The number of thioether (sulfide) groups is 1. The summed E-state index contributed by atoms with van der Waals surface area (Å²) in [6.07, 6.45) is 3.52. The molecule has 0 heterocycles. The fourth-order valence-corrected chi connectivity index (χ4v) is 4.07. The molecule has 0 aliphatic heterocycles. The maximum absolute atomic E-state index is 12.4. The smallest absolute Gasteiger partial charge is 0.240 e. The van der Waals surface area contributed by atoms with Crippen LogP contribution in [0.15, 0.2) is 29.2 Å². The van der Waals surface area contributed by atoms with Crippen molar-refractivity contribution in [2.75, 3.05) is 12.0 Å². The Labute approximate surface area is 126 Å². The molecule has 2 unspecified atom stereocenters. The maximum atomic E-state index is 12.4. The van der Waals surface area contributed by atoms with Crippen molar-refractivity contribution in [2.24, 2.45) is 5.73 Å². The summed E-state index contributed by atoms with van der Waals surface area (Å²) >= 11 is 1.63. The SMILES string of the molecule is CCC(CSC)NS(=O)(=O)c1cccc(C(N)CC)c1. The molecule has 2 atom stereocenters. The van der Waals surface area contributed by atoms with E-state index >= 15 is 0 Å². The summed E-state index contributed by atoms with van der Waals surface area (Å²) in [6.45, 7) is 3.96. The third-order valence-corrected chi connectivity index (χ3v) is 5.47. The van der Waals surface area contributed by atoms with Gasteiger partial charge >= 0.3 is 0 Å². The van der Waals surface area contributed by atoms with E-state index in [1.807, 2.05) is 26.2 Å². The lowest BCUT2D eigenvalue weighted by Crippen LogP contribution is -2.36. The van der Waals surface area contributed by atoms with Gasteiger partial charge in [-0.2, -0.15) is 11.8 Å². The minimum atomic E-state index is -3.48. The number of sulfonamides is 1. The highest BCUT2D eigenvalue weighted by molar-refractivity contribution is 7.98. The van der Waals surface area contributed by atoms with E-state index in [0.717, 1.165) is 24.2 Å². The summed E-state index contributed by atoms with van der Waals surface area (Å²) < 4.78 is 27.5. The molecule has 4 nitrogen and oxygen atoms in total. The van der Waals surface area contributed by atoms with Gasteiger partial charge in [0, 0.05) is 17.8 Å². The van der Waals surface area contributed by atoms with E-state index in [2.05, 4.69) is 4.72 Å². The summed E-state index contributed by atoms with van der Waals surface area (Å²) in [7, 11) is -3.48. The lowest BCUT2D eigenvalue weighted by atomic mass is 10.1. The van der Waals surface area contributed by atoms with Crippen molar-refractivity contribution in [1.82, 2.24) is 4.72 Å². The van der Waals surface area contributed by atoms with Crippen LogP contribution >= 0.6 is 11.8 Å².